The molecular weight excluding hydrogens is 160 g/mol. The number of fused-ring (bicyclic) bond motifs is 1. The minimum absolute atomic E-state index is 0.793. The lowest BCUT2D eigenvalue weighted by Gasteiger charge is -2.23. The van der Waals surface area contributed by atoms with E-state index in [0.717, 1.165) is 12.4 Å². The lowest BCUT2D eigenvalue weighted by molar-refractivity contribution is 0.274. The second-order valence-corrected chi connectivity index (χ2v) is 4.06. The van der Waals surface area contributed by atoms with Gasteiger partial charge in [0.25, 0.3) is 0 Å². The van der Waals surface area contributed by atoms with E-state index in [4.69, 9.17) is 4.74 Å². The molecule has 2 aliphatic carbocycles. The largest absolute Gasteiger partial charge is 0.489 e. The summed E-state index contributed by atoms with van der Waals surface area (Å²) in [5.74, 6) is 1.15. The van der Waals surface area contributed by atoms with E-state index in [2.05, 4.69) is 12.2 Å². The van der Waals surface area contributed by atoms with Crippen LogP contribution in [-0.4, -0.2) is 6.61 Å². The molecule has 0 amide bonds. The third kappa shape index (κ3) is 1.14. The zero-order chi connectivity index (χ0) is 8.67. The highest BCUT2D eigenvalue weighted by molar-refractivity contribution is 5.46. The zero-order valence-electron chi connectivity index (χ0n) is 7.81. The van der Waals surface area contributed by atoms with Crippen LogP contribution in [0, 0.1) is 0 Å². The van der Waals surface area contributed by atoms with Gasteiger partial charge in [0.15, 0.2) is 0 Å². The Morgan fingerprint density at radius 3 is 3.08 bits per heavy atom. The predicted molar refractivity (Wildman–Crippen MR) is 52.2 cm³/mol. The molecule has 0 spiro atoms. The van der Waals surface area contributed by atoms with Crippen molar-refractivity contribution < 1.29 is 4.74 Å². The van der Waals surface area contributed by atoms with Crippen molar-refractivity contribution in [2.24, 2.45) is 0 Å². The van der Waals surface area contributed by atoms with Gasteiger partial charge in [-0.1, -0.05) is 5.57 Å². The Balaban J connectivity index is 2.00. The fraction of sp³-hybridized carbons (Fsp3) is 0.500. The molecule has 3 rings (SSSR count). The first-order chi connectivity index (χ1) is 6.43. The molecule has 0 fully saturated rings. The van der Waals surface area contributed by atoms with Crippen LogP contribution in [0.5, 0.6) is 0 Å². The van der Waals surface area contributed by atoms with Gasteiger partial charge in [-0.25, -0.2) is 0 Å². The lowest BCUT2D eigenvalue weighted by atomic mass is 9.83. The topological polar surface area (TPSA) is 9.23 Å². The van der Waals surface area contributed by atoms with Crippen molar-refractivity contribution in [2.45, 2.75) is 32.1 Å². The number of allylic oxidation sites excluding steroid dienone is 4. The van der Waals surface area contributed by atoms with E-state index < -0.39 is 0 Å². The summed E-state index contributed by atoms with van der Waals surface area (Å²) < 4.78 is 5.54. The minimum Gasteiger partial charge on any atom is -0.489 e. The predicted octanol–water partition coefficient (Wildman–Crippen LogP) is 3.10. The molecular formula is C12H14O. The van der Waals surface area contributed by atoms with Crippen LogP contribution in [0.4, 0.5) is 0 Å². The Bertz CT molecular complexity index is 331. The zero-order valence-corrected chi connectivity index (χ0v) is 7.81. The maximum Gasteiger partial charge on any atom is 0.123 e. The highest BCUT2D eigenvalue weighted by Gasteiger charge is 2.23. The van der Waals surface area contributed by atoms with E-state index >= 15 is 0 Å². The standard InChI is InChI=1S/C12H14O/c1-2-4-10-8-12-11(5-6-13-12)7-9(10)3-1/h5,8H,1-4,6-7H2. The Morgan fingerprint density at radius 1 is 1.15 bits per heavy atom. The summed E-state index contributed by atoms with van der Waals surface area (Å²) in [4.78, 5) is 0. The van der Waals surface area contributed by atoms with E-state index in [9.17, 15) is 0 Å². The van der Waals surface area contributed by atoms with Crippen molar-refractivity contribution in [1.82, 2.24) is 0 Å². The van der Waals surface area contributed by atoms with Crippen molar-refractivity contribution in [1.29, 1.82) is 0 Å². The van der Waals surface area contributed by atoms with Gasteiger partial charge in [-0.05, 0) is 55.4 Å². The fourth-order valence-electron chi connectivity index (χ4n) is 2.47. The summed E-state index contributed by atoms with van der Waals surface area (Å²) in [5.41, 5.74) is 4.67. The van der Waals surface area contributed by atoms with Crippen LogP contribution in [0.3, 0.4) is 0 Å². The molecule has 0 bridgehead atoms. The molecule has 0 atom stereocenters. The van der Waals surface area contributed by atoms with E-state index in [1.165, 1.54) is 37.7 Å². The summed E-state index contributed by atoms with van der Waals surface area (Å²) in [7, 11) is 0. The van der Waals surface area contributed by atoms with Crippen molar-refractivity contribution in [3.8, 4) is 0 Å². The lowest BCUT2D eigenvalue weighted by Crippen LogP contribution is -2.05. The average Bonchev–Trinajstić information content (AvgIpc) is 2.61. The first kappa shape index (κ1) is 7.43. The molecule has 0 saturated carbocycles. The van der Waals surface area contributed by atoms with Gasteiger partial charge in [0.2, 0.25) is 0 Å². The molecule has 0 N–H and O–H groups in total. The summed E-state index contributed by atoms with van der Waals surface area (Å²) >= 11 is 0. The molecule has 0 unspecified atom stereocenters. The van der Waals surface area contributed by atoms with Gasteiger partial charge in [-0.3, -0.25) is 0 Å². The molecule has 0 aromatic rings. The first-order valence-electron chi connectivity index (χ1n) is 5.18. The van der Waals surface area contributed by atoms with Gasteiger partial charge in [-0.15, -0.1) is 0 Å². The van der Waals surface area contributed by atoms with E-state index in [0.29, 0.717) is 0 Å². The normalized spacial score (nSPS) is 25.8. The maximum absolute atomic E-state index is 5.54. The van der Waals surface area contributed by atoms with E-state index in [1.54, 1.807) is 11.1 Å². The Morgan fingerprint density at radius 2 is 2.08 bits per heavy atom. The third-order valence-electron chi connectivity index (χ3n) is 3.22. The molecule has 0 aromatic carbocycles. The highest BCUT2D eigenvalue weighted by Crippen LogP contribution is 2.38. The summed E-state index contributed by atoms with van der Waals surface area (Å²) in [6, 6.07) is 0. The Kier molecular flexibility index (Phi) is 1.58. The Labute approximate surface area is 78.8 Å². The van der Waals surface area contributed by atoms with Crippen LogP contribution in [0.25, 0.3) is 0 Å². The molecule has 1 heteroatoms. The SMILES string of the molecule is C1=C2CC3=C(C=C2OC1)CCCC3. The second-order valence-electron chi connectivity index (χ2n) is 4.06. The van der Waals surface area contributed by atoms with Crippen LogP contribution < -0.4 is 0 Å². The molecule has 0 radical (unpaired) electrons. The quantitative estimate of drug-likeness (QED) is 0.548. The van der Waals surface area contributed by atoms with Crippen molar-refractivity contribution in [3.05, 3.63) is 34.6 Å². The van der Waals surface area contributed by atoms with Crippen molar-refractivity contribution >= 4 is 0 Å². The van der Waals surface area contributed by atoms with Crippen LogP contribution in [0.2, 0.25) is 0 Å². The number of ether oxygens (including phenoxy) is 1. The van der Waals surface area contributed by atoms with Crippen LogP contribution >= 0.6 is 0 Å². The van der Waals surface area contributed by atoms with Crippen LogP contribution in [0.15, 0.2) is 34.6 Å². The smallest absolute Gasteiger partial charge is 0.123 e. The molecule has 1 nitrogen and oxygen atoms in total. The third-order valence-corrected chi connectivity index (χ3v) is 3.22. The number of hydrogen-bond acceptors (Lipinski definition) is 1. The molecule has 3 aliphatic rings. The molecule has 68 valence electrons. The van der Waals surface area contributed by atoms with Gasteiger partial charge in [0.05, 0.1) is 0 Å². The Hall–Kier alpha value is -0.980. The van der Waals surface area contributed by atoms with E-state index in [1.807, 2.05) is 0 Å². The molecule has 1 heterocycles. The number of rotatable bonds is 0. The van der Waals surface area contributed by atoms with Crippen LogP contribution in [-0.2, 0) is 4.74 Å². The fourth-order valence-corrected chi connectivity index (χ4v) is 2.47. The maximum atomic E-state index is 5.54. The summed E-state index contributed by atoms with van der Waals surface area (Å²) in [5, 5.41) is 0. The first-order valence-corrected chi connectivity index (χ1v) is 5.18. The molecule has 0 saturated heterocycles. The summed E-state index contributed by atoms with van der Waals surface area (Å²) in [6.45, 7) is 0.793. The monoisotopic (exact) mass is 174 g/mol. The molecule has 0 aromatic heterocycles. The average molecular weight is 174 g/mol. The van der Waals surface area contributed by atoms with Gasteiger partial charge in [0.1, 0.15) is 12.4 Å². The van der Waals surface area contributed by atoms with Gasteiger partial charge in [-0.2, -0.15) is 0 Å². The van der Waals surface area contributed by atoms with Crippen molar-refractivity contribution in [3.63, 3.8) is 0 Å². The van der Waals surface area contributed by atoms with Gasteiger partial charge in [0, 0.05) is 0 Å². The minimum atomic E-state index is 0.793. The molecule has 13 heavy (non-hydrogen) atoms. The van der Waals surface area contributed by atoms with Crippen LogP contribution in [0.1, 0.15) is 32.1 Å². The van der Waals surface area contributed by atoms with E-state index in [-0.39, 0.29) is 0 Å². The highest BCUT2D eigenvalue weighted by atomic mass is 16.5. The van der Waals surface area contributed by atoms with Gasteiger partial charge < -0.3 is 4.74 Å². The second kappa shape index (κ2) is 2.76. The molecule has 1 aliphatic heterocycles. The van der Waals surface area contributed by atoms with Crippen molar-refractivity contribution in [2.75, 3.05) is 6.61 Å². The summed E-state index contributed by atoms with van der Waals surface area (Å²) in [6.07, 6.45) is 11.0. The number of hydrogen-bond donors (Lipinski definition) is 0. The van der Waals surface area contributed by atoms with Gasteiger partial charge >= 0.3 is 0 Å².